The maximum atomic E-state index is 13.8. The SMILES string of the molecule is Fc1ccc(N(c2ccc(F)cc2)c2cc3c4c(c2)Oc2ccccc2B4c2ccccc2O3)cc1. The minimum absolute atomic E-state index is 0.0240. The molecule has 2 aliphatic rings. The fraction of sp³-hybridized carbons (Fsp3) is 0. The second kappa shape index (κ2) is 7.99. The van der Waals surface area contributed by atoms with Crippen molar-refractivity contribution >= 4 is 40.2 Å². The van der Waals surface area contributed by atoms with Crippen molar-refractivity contribution in [2.45, 2.75) is 0 Å². The third-order valence-corrected chi connectivity index (χ3v) is 6.71. The molecule has 0 aromatic heterocycles. The van der Waals surface area contributed by atoms with E-state index in [2.05, 4.69) is 12.1 Å². The monoisotopic (exact) mass is 473 g/mol. The van der Waals surface area contributed by atoms with Gasteiger partial charge in [-0.3, -0.25) is 0 Å². The summed E-state index contributed by atoms with van der Waals surface area (Å²) in [5, 5.41) is 0. The molecule has 0 bridgehead atoms. The second-order valence-corrected chi connectivity index (χ2v) is 8.86. The molecule has 0 saturated carbocycles. The molecule has 0 spiro atoms. The number of anilines is 3. The molecule has 6 heteroatoms. The predicted octanol–water partition coefficient (Wildman–Crippen LogP) is 6.16. The molecule has 5 aromatic carbocycles. The van der Waals surface area contributed by atoms with Crippen LogP contribution in [0.5, 0.6) is 23.0 Å². The van der Waals surface area contributed by atoms with Crippen molar-refractivity contribution in [3.8, 4) is 23.0 Å². The van der Waals surface area contributed by atoms with Crippen LogP contribution in [0, 0.1) is 11.6 Å². The molecule has 0 fully saturated rings. The first kappa shape index (κ1) is 20.8. The highest BCUT2D eigenvalue weighted by atomic mass is 19.1. The third kappa shape index (κ3) is 3.26. The van der Waals surface area contributed by atoms with Crippen LogP contribution >= 0.6 is 0 Å². The number of ether oxygens (including phenoxy) is 2. The number of rotatable bonds is 3. The van der Waals surface area contributed by atoms with E-state index in [1.165, 1.54) is 24.3 Å². The fourth-order valence-corrected chi connectivity index (χ4v) is 5.14. The lowest BCUT2D eigenvalue weighted by Gasteiger charge is -2.34. The Hall–Kier alpha value is -4.58. The molecule has 0 atom stereocenters. The number of halogens is 2. The molecule has 36 heavy (non-hydrogen) atoms. The molecule has 0 radical (unpaired) electrons. The number of fused-ring (bicyclic) bond motifs is 4. The van der Waals surface area contributed by atoms with Gasteiger partial charge in [0.1, 0.15) is 34.6 Å². The summed E-state index contributed by atoms with van der Waals surface area (Å²) in [5.41, 5.74) is 5.33. The Morgan fingerprint density at radius 3 is 1.42 bits per heavy atom. The number of nitrogens with zero attached hydrogens (tertiary/aromatic N) is 1. The van der Waals surface area contributed by atoms with Gasteiger partial charge in [0, 0.05) is 29.0 Å². The van der Waals surface area contributed by atoms with Gasteiger partial charge in [0.05, 0.1) is 5.69 Å². The van der Waals surface area contributed by atoms with E-state index in [9.17, 15) is 8.78 Å². The molecule has 2 heterocycles. The summed E-state index contributed by atoms with van der Waals surface area (Å²) in [6, 6.07) is 32.4. The molecule has 0 N–H and O–H groups in total. The van der Waals surface area contributed by atoms with E-state index in [1.54, 1.807) is 24.3 Å². The molecular weight excluding hydrogens is 455 g/mol. The maximum absolute atomic E-state index is 13.8. The minimum atomic E-state index is -0.332. The van der Waals surface area contributed by atoms with Gasteiger partial charge in [-0.1, -0.05) is 36.4 Å². The van der Waals surface area contributed by atoms with Gasteiger partial charge in [-0.15, -0.1) is 0 Å². The van der Waals surface area contributed by atoms with E-state index < -0.39 is 0 Å². The van der Waals surface area contributed by atoms with E-state index in [0.717, 1.165) is 44.9 Å². The van der Waals surface area contributed by atoms with Gasteiger partial charge in [-0.2, -0.15) is 0 Å². The normalized spacial score (nSPS) is 12.6. The topological polar surface area (TPSA) is 21.7 Å². The van der Waals surface area contributed by atoms with E-state index in [-0.39, 0.29) is 18.3 Å². The van der Waals surface area contributed by atoms with E-state index >= 15 is 0 Å². The van der Waals surface area contributed by atoms with Crippen LogP contribution in [-0.2, 0) is 0 Å². The van der Waals surface area contributed by atoms with Crippen LogP contribution in [0.4, 0.5) is 25.8 Å². The highest BCUT2D eigenvalue weighted by molar-refractivity contribution is 6.98. The second-order valence-electron chi connectivity index (χ2n) is 8.86. The fourth-order valence-electron chi connectivity index (χ4n) is 5.14. The van der Waals surface area contributed by atoms with Gasteiger partial charge in [0.2, 0.25) is 0 Å². The predicted molar refractivity (Wildman–Crippen MR) is 139 cm³/mol. The Morgan fingerprint density at radius 2 is 0.944 bits per heavy atom. The summed E-state index contributed by atoms with van der Waals surface area (Å²) in [7, 11) is 0. The van der Waals surface area contributed by atoms with Crippen LogP contribution in [0.3, 0.4) is 0 Å². The number of hydrogen-bond acceptors (Lipinski definition) is 3. The molecule has 172 valence electrons. The molecule has 3 nitrogen and oxygen atoms in total. The highest BCUT2D eigenvalue weighted by Gasteiger charge is 2.40. The summed E-state index contributed by atoms with van der Waals surface area (Å²) in [4.78, 5) is 1.93. The minimum Gasteiger partial charge on any atom is -0.458 e. The van der Waals surface area contributed by atoms with Crippen molar-refractivity contribution in [1.82, 2.24) is 0 Å². The van der Waals surface area contributed by atoms with Gasteiger partial charge >= 0.3 is 0 Å². The average molecular weight is 473 g/mol. The van der Waals surface area contributed by atoms with E-state index in [0.29, 0.717) is 11.5 Å². The molecule has 7 rings (SSSR count). The first-order chi connectivity index (χ1) is 17.7. The van der Waals surface area contributed by atoms with E-state index in [1.807, 2.05) is 53.4 Å². The lowest BCUT2D eigenvalue weighted by Crippen LogP contribution is -2.57. The lowest BCUT2D eigenvalue weighted by molar-refractivity contribution is 0.465. The number of para-hydroxylation sites is 2. The van der Waals surface area contributed by atoms with Crippen LogP contribution in [0.15, 0.2) is 109 Å². The van der Waals surface area contributed by atoms with Gasteiger partial charge in [-0.25, -0.2) is 8.78 Å². The van der Waals surface area contributed by atoms with Crippen molar-refractivity contribution in [2.24, 2.45) is 0 Å². The summed E-state index contributed by atoms with van der Waals surface area (Å²) < 4.78 is 40.4. The van der Waals surface area contributed by atoms with Gasteiger partial charge in [-0.05, 0) is 71.6 Å². The van der Waals surface area contributed by atoms with Crippen LogP contribution < -0.4 is 30.8 Å². The Kier molecular flexibility index (Phi) is 4.61. The molecule has 5 aromatic rings. The quantitative estimate of drug-likeness (QED) is 0.287. The Balaban J connectivity index is 1.46. The molecular formula is C30H18BF2NO2. The average Bonchev–Trinajstić information content (AvgIpc) is 2.90. The first-order valence-corrected chi connectivity index (χ1v) is 11.7. The Morgan fingerprint density at radius 1 is 0.500 bits per heavy atom. The highest BCUT2D eigenvalue weighted by Crippen LogP contribution is 2.42. The van der Waals surface area contributed by atoms with Crippen molar-refractivity contribution in [3.05, 3.63) is 121 Å². The number of hydrogen-bond donors (Lipinski definition) is 0. The molecule has 2 aliphatic heterocycles. The molecule has 0 amide bonds. The number of benzene rings is 5. The van der Waals surface area contributed by atoms with Crippen molar-refractivity contribution < 1.29 is 18.3 Å². The first-order valence-electron chi connectivity index (χ1n) is 11.7. The molecule has 0 unspecified atom stereocenters. The molecule has 0 aliphatic carbocycles. The van der Waals surface area contributed by atoms with Crippen molar-refractivity contribution in [1.29, 1.82) is 0 Å². The third-order valence-electron chi connectivity index (χ3n) is 6.71. The van der Waals surface area contributed by atoms with Crippen molar-refractivity contribution in [2.75, 3.05) is 4.90 Å². The van der Waals surface area contributed by atoms with Crippen LogP contribution in [0.1, 0.15) is 0 Å². The zero-order valence-corrected chi connectivity index (χ0v) is 19.0. The van der Waals surface area contributed by atoms with Crippen LogP contribution in [0.25, 0.3) is 0 Å². The van der Waals surface area contributed by atoms with Gasteiger partial charge in [0.25, 0.3) is 6.71 Å². The Bertz CT molecular complexity index is 1500. The van der Waals surface area contributed by atoms with Crippen molar-refractivity contribution in [3.63, 3.8) is 0 Å². The van der Waals surface area contributed by atoms with Gasteiger partial charge in [0.15, 0.2) is 0 Å². The summed E-state index contributed by atoms with van der Waals surface area (Å²) >= 11 is 0. The Labute approximate surface area is 207 Å². The molecule has 0 saturated heterocycles. The lowest BCUT2D eigenvalue weighted by atomic mass is 9.35. The van der Waals surface area contributed by atoms with E-state index in [4.69, 9.17) is 9.47 Å². The maximum Gasteiger partial charge on any atom is 0.260 e. The summed E-state index contributed by atoms with van der Waals surface area (Å²) in [5.74, 6) is 2.31. The smallest absolute Gasteiger partial charge is 0.260 e. The standard InChI is InChI=1S/C30H18BF2NO2/c32-19-9-13-21(14-10-19)34(22-15-11-20(33)12-16-22)23-17-28-30-29(18-23)36-27-8-4-2-6-25(27)31(30)24-5-1-3-7-26(24)35-28/h1-18H. The summed E-state index contributed by atoms with van der Waals surface area (Å²) in [6.45, 7) is -0.0240. The van der Waals surface area contributed by atoms with Gasteiger partial charge < -0.3 is 14.4 Å². The zero-order valence-electron chi connectivity index (χ0n) is 19.0. The van der Waals surface area contributed by atoms with Crippen LogP contribution in [0.2, 0.25) is 0 Å². The van der Waals surface area contributed by atoms with Crippen LogP contribution in [-0.4, -0.2) is 6.71 Å². The summed E-state index contributed by atoms with van der Waals surface area (Å²) in [6.07, 6.45) is 0. The largest absolute Gasteiger partial charge is 0.458 e. The zero-order chi connectivity index (χ0) is 24.2.